The lowest BCUT2D eigenvalue weighted by Crippen LogP contribution is -2.51. The van der Waals surface area contributed by atoms with Crippen LogP contribution in [0.4, 0.5) is 0 Å². The third-order valence-corrected chi connectivity index (χ3v) is 16.4. The normalized spacial score (nSPS) is 34.0. The number of carbonyl (C=O) groups excluding carboxylic acids is 1. The molecule has 1 aromatic carbocycles. The Morgan fingerprint density at radius 3 is 2.59 bits per heavy atom. The second kappa shape index (κ2) is 15.8. The number of rotatable bonds is 13. The van der Waals surface area contributed by atoms with Crippen molar-refractivity contribution in [1.29, 1.82) is 0 Å². The minimum absolute atomic E-state index is 0.00760. The number of aromatic nitrogens is 1. The van der Waals surface area contributed by atoms with E-state index < -0.39 is 0 Å². The maximum Gasteiger partial charge on any atom is 0.233 e. The number of amides is 1. The van der Waals surface area contributed by atoms with Crippen molar-refractivity contribution in [1.82, 2.24) is 9.88 Å². The van der Waals surface area contributed by atoms with Crippen LogP contribution in [0.5, 0.6) is 0 Å². The van der Waals surface area contributed by atoms with Crippen LogP contribution in [0, 0.1) is 52.3 Å². The second-order valence-corrected chi connectivity index (χ2v) is 19.7. The summed E-state index contributed by atoms with van der Waals surface area (Å²) in [7, 11) is 0. The van der Waals surface area contributed by atoms with Crippen LogP contribution >= 0.6 is 11.3 Å². The zero-order valence-electron chi connectivity index (χ0n) is 32.7. The van der Waals surface area contributed by atoms with Gasteiger partial charge in [0, 0.05) is 19.7 Å². The van der Waals surface area contributed by atoms with E-state index in [0.29, 0.717) is 17.4 Å². The van der Waals surface area contributed by atoms with Crippen LogP contribution < -0.4 is 0 Å². The van der Waals surface area contributed by atoms with Gasteiger partial charge >= 0.3 is 0 Å². The summed E-state index contributed by atoms with van der Waals surface area (Å²) in [5.74, 6) is 5.18. The second-order valence-electron chi connectivity index (χ2n) is 18.6. The quantitative estimate of drug-likeness (QED) is 0.194. The monoisotopic (exact) mass is 713 g/mol. The van der Waals surface area contributed by atoms with Gasteiger partial charge in [-0.15, -0.1) is 17.9 Å². The molecule has 4 aliphatic carbocycles. The number of ether oxygens (including phenoxy) is 1. The molecule has 0 radical (unpaired) electrons. The molecule has 51 heavy (non-hydrogen) atoms. The van der Waals surface area contributed by atoms with Crippen LogP contribution in [-0.4, -0.2) is 41.6 Å². The molecule has 0 bridgehead atoms. The molecule has 2 aromatic rings. The number of allylic oxidation sites excluding steroid dienone is 2. The number of carbonyl (C=O) groups is 1. The average Bonchev–Trinajstić information content (AvgIpc) is 3.72. The molecule has 0 unspecified atom stereocenters. The first-order chi connectivity index (χ1) is 24.6. The number of para-hydroxylation sites is 1. The lowest BCUT2D eigenvalue weighted by Gasteiger charge is -2.58. The van der Waals surface area contributed by atoms with E-state index in [0.717, 1.165) is 95.9 Å². The average molecular weight is 713 g/mol. The fourth-order valence-electron chi connectivity index (χ4n) is 12.4. The molecule has 4 nitrogen and oxygen atoms in total. The highest BCUT2D eigenvalue weighted by atomic mass is 32.1. The Morgan fingerprint density at radius 1 is 1.02 bits per heavy atom. The zero-order valence-corrected chi connectivity index (χ0v) is 33.5. The first-order valence-electron chi connectivity index (χ1n) is 21.2. The summed E-state index contributed by atoms with van der Waals surface area (Å²) in [6.07, 6.45) is 24.0. The minimum atomic E-state index is -0.288. The molecule has 4 fully saturated rings. The molecule has 1 aliphatic heterocycles. The molecule has 10 atom stereocenters. The molecule has 5 aliphatic rings. The first kappa shape index (κ1) is 37.3. The predicted octanol–water partition coefficient (Wildman–Crippen LogP) is 12.0. The van der Waals surface area contributed by atoms with Crippen molar-refractivity contribution in [2.24, 2.45) is 52.3 Å². The Bertz CT molecular complexity index is 1510. The van der Waals surface area contributed by atoms with Gasteiger partial charge in [0.2, 0.25) is 5.91 Å². The zero-order chi connectivity index (χ0) is 35.8. The van der Waals surface area contributed by atoms with Gasteiger partial charge in [-0.3, -0.25) is 4.79 Å². The van der Waals surface area contributed by atoms with E-state index in [1.807, 2.05) is 12.1 Å². The van der Waals surface area contributed by atoms with Crippen molar-refractivity contribution in [2.75, 3.05) is 19.7 Å². The third-order valence-electron chi connectivity index (χ3n) is 15.3. The molecule has 0 spiro atoms. The lowest BCUT2D eigenvalue weighted by molar-refractivity contribution is -0.134. The molecular formula is C46H68N2O2S. The van der Waals surface area contributed by atoms with Gasteiger partial charge in [-0.25, -0.2) is 4.98 Å². The summed E-state index contributed by atoms with van der Waals surface area (Å²) in [4.78, 5) is 21.3. The number of thiazole rings is 1. The van der Waals surface area contributed by atoms with Crippen molar-refractivity contribution >= 4 is 27.5 Å². The van der Waals surface area contributed by atoms with Gasteiger partial charge in [-0.05, 0) is 141 Å². The van der Waals surface area contributed by atoms with E-state index in [4.69, 9.17) is 9.72 Å². The first-order valence-corrected chi connectivity index (χ1v) is 22.0. The van der Waals surface area contributed by atoms with Gasteiger partial charge in [-0.2, -0.15) is 0 Å². The van der Waals surface area contributed by atoms with Crippen molar-refractivity contribution in [2.45, 2.75) is 143 Å². The number of piperidine rings is 1. The molecule has 7 rings (SSSR count). The fraction of sp³-hybridized carbons (Fsp3) is 0.739. The summed E-state index contributed by atoms with van der Waals surface area (Å²) in [6, 6.07) is 8.29. The SMILES string of the molecule is C=C[C@H](CCO[C@H]1CC[C@@]2(C)C(=CC[C@H]3[C@@H]4CC[C@H]([C@H](C)CCCC(C)C)[C@@]4(C)CC[C@@H]32)C1)[C@H](C(=O)N1CCCCC1)c1nc2ccccc2s1. The molecular weight excluding hydrogens is 645 g/mol. The van der Waals surface area contributed by atoms with E-state index in [2.05, 4.69) is 70.4 Å². The molecule has 1 amide bonds. The molecule has 5 heteroatoms. The summed E-state index contributed by atoms with van der Waals surface area (Å²) in [5, 5.41) is 0.935. The number of benzene rings is 1. The Hall–Kier alpha value is -1.98. The number of hydrogen-bond acceptors (Lipinski definition) is 4. The Morgan fingerprint density at radius 2 is 1.82 bits per heavy atom. The Labute approximate surface area is 314 Å². The number of nitrogens with zero attached hydrogens (tertiary/aromatic N) is 2. The van der Waals surface area contributed by atoms with E-state index in [9.17, 15) is 4.79 Å². The van der Waals surface area contributed by atoms with Crippen molar-refractivity contribution < 1.29 is 9.53 Å². The number of fused-ring (bicyclic) bond motifs is 6. The molecule has 1 aromatic heterocycles. The maximum absolute atomic E-state index is 14.1. The highest BCUT2D eigenvalue weighted by Crippen LogP contribution is 2.67. The minimum Gasteiger partial charge on any atom is -0.378 e. The highest BCUT2D eigenvalue weighted by Gasteiger charge is 2.59. The van der Waals surface area contributed by atoms with Crippen molar-refractivity contribution in [3.05, 3.63) is 53.6 Å². The van der Waals surface area contributed by atoms with Crippen LogP contribution in [0.15, 0.2) is 48.6 Å². The van der Waals surface area contributed by atoms with E-state index in [1.165, 1.54) is 64.2 Å². The predicted molar refractivity (Wildman–Crippen MR) is 214 cm³/mol. The van der Waals surface area contributed by atoms with Gasteiger partial charge < -0.3 is 9.64 Å². The third kappa shape index (κ3) is 7.43. The van der Waals surface area contributed by atoms with E-state index in [-0.39, 0.29) is 23.8 Å². The van der Waals surface area contributed by atoms with Crippen molar-refractivity contribution in [3.8, 4) is 0 Å². The van der Waals surface area contributed by atoms with Gasteiger partial charge in [0.25, 0.3) is 0 Å². The summed E-state index contributed by atoms with van der Waals surface area (Å²) >= 11 is 1.68. The number of likely N-dealkylation sites (tertiary alicyclic amines) is 1. The largest absolute Gasteiger partial charge is 0.378 e. The smallest absolute Gasteiger partial charge is 0.233 e. The molecule has 0 N–H and O–H groups in total. The van der Waals surface area contributed by atoms with Crippen molar-refractivity contribution in [3.63, 3.8) is 0 Å². The summed E-state index contributed by atoms with van der Waals surface area (Å²) < 4.78 is 7.91. The number of hydrogen-bond donors (Lipinski definition) is 0. The van der Waals surface area contributed by atoms with Gasteiger partial charge in [0.05, 0.1) is 22.2 Å². The fourth-order valence-corrected chi connectivity index (χ4v) is 13.5. The Kier molecular flexibility index (Phi) is 11.6. The standard InChI is InChI=1S/C46H68N2O2S/c1-7-33(42(44(49)48-27-11-8-12-28-48)43-47-40-16-9-10-17-41(40)51-43)24-29-50-35-22-25-45(5)34(30-35)18-19-36-38-21-20-37(32(4)15-13-14-31(2)3)46(38,6)26-23-39(36)45/h7,9-10,16-18,31-33,35-39,42H,1,8,11-15,19-30H2,2-6H3/t32-,33-,35+,36+,37-,38+,39+,42+,45+,46-/m1/s1. The summed E-state index contributed by atoms with van der Waals surface area (Å²) in [5.41, 5.74) is 3.57. The molecule has 2 heterocycles. The van der Waals surface area contributed by atoms with E-state index >= 15 is 0 Å². The topological polar surface area (TPSA) is 42.4 Å². The summed E-state index contributed by atoms with van der Waals surface area (Å²) in [6.45, 7) is 19.3. The van der Waals surface area contributed by atoms with Crippen LogP contribution in [-0.2, 0) is 9.53 Å². The maximum atomic E-state index is 14.1. The van der Waals surface area contributed by atoms with Crippen LogP contribution in [0.25, 0.3) is 10.2 Å². The molecule has 3 saturated carbocycles. The lowest BCUT2D eigenvalue weighted by atomic mass is 9.47. The molecule has 280 valence electrons. The molecule has 1 saturated heterocycles. The van der Waals surface area contributed by atoms with Gasteiger partial charge in [0.1, 0.15) is 5.01 Å². The van der Waals surface area contributed by atoms with Gasteiger partial charge in [0.15, 0.2) is 0 Å². The van der Waals surface area contributed by atoms with Crippen LogP contribution in [0.3, 0.4) is 0 Å². The highest BCUT2D eigenvalue weighted by molar-refractivity contribution is 7.18. The van der Waals surface area contributed by atoms with Gasteiger partial charge in [-0.1, -0.05) is 83.7 Å². The van der Waals surface area contributed by atoms with Crippen LogP contribution in [0.1, 0.15) is 142 Å². The Balaban J connectivity index is 0.983. The van der Waals surface area contributed by atoms with Crippen LogP contribution in [0.2, 0.25) is 0 Å². The van der Waals surface area contributed by atoms with E-state index in [1.54, 1.807) is 16.9 Å².